The molecule has 0 bridgehead atoms. The fourth-order valence-corrected chi connectivity index (χ4v) is 1.19. The Bertz CT molecular complexity index is 93.8. The third-order valence-corrected chi connectivity index (χ3v) is 2.30. The number of aliphatic hydroxyl groups excluding tert-OH is 2. The van der Waals surface area contributed by atoms with Crippen molar-refractivity contribution in [3.8, 4) is 0 Å². The van der Waals surface area contributed by atoms with Crippen molar-refractivity contribution in [1.82, 2.24) is 0 Å². The summed E-state index contributed by atoms with van der Waals surface area (Å²) in [7, 11) is 0. The van der Waals surface area contributed by atoms with Crippen molar-refractivity contribution >= 4 is 0 Å². The van der Waals surface area contributed by atoms with Gasteiger partial charge in [-0.25, -0.2) is 0 Å². The van der Waals surface area contributed by atoms with Gasteiger partial charge in [0, 0.05) is 12.5 Å². The second-order valence-corrected chi connectivity index (χ2v) is 3.58. The van der Waals surface area contributed by atoms with Crippen LogP contribution in [0.2, 0.25) is 0 Å². The minimum Gasteiger partial charge on any atom is -0.396 e. The van der Waals surface area contributed by atoms with Crippen LogP contribution < -0.4 is 0 Å². The summed E-state index contributed by atoms with van der Waals surface area (Å²) in [6, 6.07) is 0. The molecule has 0 aromatic heterocycles. The van der Waals surface area contributed by atoms with Crippen LogP contribution in [-0.2, 0) is 0 Å². The average Bonchev–Trinajstić information content (AvgIpc) is 2.10. The molecule has 0 saturated heterocycles. The highest BCUT2D eigenvalue weighted by Gasteiger charge is 2.11. The van der Waals surface area contributed by atoms with Crippen molar-refractivity contribution in [3.05, 3.63) is 0 Å². The summed E-state index contributed by atoms with van der Waals surface area (Å²) in [6.45, 7) is 4.15. The molecule has 0 aliphatic heterocycles. The highest BCUT2D eigenvalue weighted by Crippen LogP contribution is 2.11. The molecule has 0 aliphatic rings. The van der Waals surface area contributed by atoms with Crippen LogP contribution >= 0.6 is 0 Å². The number of unbranched alkanes of at least 4 members (excludes halogenated alkanes) is 3. The predicted molar refractivity (Wildman–Crippen MR) is 51.0 cm³/mol. The highest BCUT2D eigenvalue weighted by atomic mass is 16.3. The maximum absolute atomic E-state index is 9.46. The van der Waals surface area contributed by atoms with Crippen molar-refractivity contribution in [2.45, 2.75) is 52.1 Å². The number of hydrogen-bond donors (Lipinski definition) is 2. The lowest BCUT2D eigenvalue weighted by Crippen LogP contribution is -2.20. The maximum Gasteiger partial charge on any atom is 0.0587 e. The molecule has 74 valence electrons. The van der Waals surface area contributed by atoms with E-state index in [1.165, 1.54) is 19.3 Å². The largest absolute Gasteiger partial charge is 0.396 e. The zero-order chi connectivity index (χ0) is 9.40. The van der Waals surface area contributed by atoms with Crippen molar-refractivity contribution in [3.63, 3.8) is 0 Å². The van der Waals surface area contributed by atoms with E-state index in [0.29, 0.717) is 0 Å². The number of hydrogen-bond acceptors (Lipinski definition) is 2. The third-order valence-electron chi connectivity index (χ3n) is 2.30. The molecule has 2 heteroatoms. The predicted octanol–water partition coefficient (Wildman–Crippen LogP) is 1.95. The van der Waals surface area contributed by atoms with E-state index >= 15 is 0 Å². The first kappa shape index (κ1) is 11.9. The minimum absolute atomic E-state index is 0.0339. The number of rotatable bonds is 7. The molecule has 0 unspecified atom stereocenters. The van der Waals surface area contributed by atoms with Gasteiger partial charge in [-0.3, -0.25) is 0 Å². The van der Waals surface area contributed by atoms with Crippen molar-refractivity contribution in [2.24, 2.45) is 5.92 Å². The Labute approximate surface area is 75.6 Å². The Balaban J connectivity index is 3.24. The first-order valence-corrected chi connectivity index (χ1v) is 5.01. The molecule has 0 fully saturated rings. The van der Waals surface area contributed by atoms with Crippen LogP contribution in [0, 0.1) is 5.92 Å². The van der Waals surface area contributed by atoms with Gasteiger partial charge in [-0.15, -0.1) is 0 Å². The standard InChI is InChI=1S/C10H22O2/c1-3-4-5-6-7-10(12)9(2)8-11/h9-12H,3-8H2,1-2H3/t9-,10-/m0/s1. The van der Waals surface area contributed by atoms with E-state index in [1.54, 1.807) is 0 Å². The van der Waals surface area contributed by atoms with Gasteiger partial charge in [0.05, 0.1) is 6.10 Å². The first-order valence-electron chi connectivity index (χ1n) is 5.01. The van der Waals surface area contributed by atoms with Crippen LogP contribution in [0.3, 0.4) is 0 Å². The van der Waals surface area contributed by atoms with E-state index < -0.39 is 0 Å². The Morgan fingerprint density at radius 1 is 1.17 bits per heavy atom. The molecule has 0 aliphatic carbocycles. The van der Waals surface area contributed by atoms with Crippen molar-refractivity contribution in [1.29, 1.82) is 0 Å². The van der Waals surface area contributed by atoms with Gasteiger partial charge in [-0.2, -0.15) is 0 Å². The monoisotopic (exact) mass is 174 g/mol. The molecule has 0 aromatic rings. The van der Waals surface area contributed by atoms with E-state index in [2.05, 4.69) is 6.92 Å². The molecule has 0 saturated carbocycles. The van der Waals surface area contributed by atoms with E-state index in [-0.39, 0.29) is 18.6 Å². The third kappa shape index (κ3) is 5.56. The molecule has 0 radical (unpaired) electrons. The quantitative estimate of drug-likeness (QED) is 0.579. The lowest BCUT2D eigenvalue weighted by molar-refractivity contribution is 0.0685. The highest BCUT2D eigenvalue weighted by molar-refractivity contribution is 4.62. The van der Waals surface area contributed by atoms with E-state index in [4.69, 9.17) is 5.11 Å². The minimum atomic E-state index is -0.313. The Morgan fingerprint density at radius 3 is 2.33 bits per heavy atom. The van der Waals surface area contributed by atoms with Crippen molar-refractivity contribution < 1.29 is 10.2 Å². The smallest absolute Gasteiger partial charge is 0.0587 e. The van der Waals surface area contributed by atoms with Gasteiger partial charge < -0.3 is 10.2 Å². The topological polar surface area (TPSA) is 40.5 Å². The molecule has 0 spiro atoms. The zero-order valence-electron chi connectivity index (χ0n) is 8.29. The lowest BCUT2D eigenvalue weighted by atomic mass is 10.00. The molecular weight excluding hydrogens is 152 g/mol. The summed E-state index contributed by atoms with van der Waals surface area (Å²) in [5.74, 6) is 0.0339. The molecular formula is C10H22O2. The lowest BCUT2D eigenvalue weighted by Gasteiger charge is -2.15. The molecule has 0 rings (SSSR count). The van der Waals surface area contributed by atoms with Gasteiger partial charge in [0.1, 0.15) is 0 Å². The molecule has 0 heterocycles. The van der Waals surface area contributed by atoms with Crippen LogP contribution in [0.4, 0.5) is 0 Å². The van der Waals surface area contributed by atoms with E-state index in [0.717, 1.165) is 12.8 Å². The van der Waals surface area contributed by atoms with Gasteiger partial charge in [0.2, 0.25) is 0 Å². The summed E-state index contributed by atoms with van der Waals surface area (Å²) in [5, 5.41) is 18.2. The molecule has 2 atom stereocenters. The second kappa shape index (κ2) is 7.56. The van der Waals surface area contributed by atoms with Crippen LogP contribution in [0.1, 0.15) is 46.0 Å². The van der Waals surface area contributed by atoms with Crippen LogP contribution in [0.25, 0.3) is 0 Å². The van der Waals surface area contributed by atoms with E-state index in [9.17, 15) is 5.11 Å². The van der Waals surface area contributed by atoms with Crippen molar-refractivity contribution in [2.75, 3.05) is 6.61 Å². The number of aliphatic hydroxyl groups is 2. The van der Waals surface area contributed by atoms with Crippen LogP contribution in [-0.4, -0.2) is 22.9 Å². The van der Waals surface area contributed by atoms with Crippen LogP contribution in [0.15, 0.2) is 0 Å². The van der Waals surface area contributed by atoms with Gasteiger partial charge >= 0.3 is 0 Å². The summed E-state index contributed by atoms with van der Waals surface area (Å²) >= 11 is 0. The molecule has 0 aromatic carbocycles. The molecule has 2 N–H and O–H groups in total. The Kier molecular flexibility index (Phi) is 7.51. The summed E-state index contributed by atoms with van der Waals surface area (Å²) in [6.07, 6.45) is 5.28. The van der Waals surface area contributed by atoms with Gasteiger partial charge in [-0.1, -0.05) is 39.5 Å². The first-order chi connectivity index (χ1) is 5.72. The Hall–Kier alpha value is -0.0800. The average molecular weight is 174 g/mol. The molecule has 12 heavy (non-hydrogen) atoms. The zero-order valence-corrected chi connectivity index (χ0v) is 8.29. The molecule has 0 amide bonds. The van der Waals surface area contributed by atoms with E-state index in [1.807, 2.05) is 6.92 Å². The van der Waals surface area contributed by atoms with Gasteiger partial charge in [-0.05, 0) is 6.42 Å². The fourth-order valence-electron chi connectivity index (χ4n) is 1.19. The SMILES string of the molecule is CCCCCC[C@H](O)[C@@H](C)CO. The fraction of sp³-hybridized carbons (Fsp3) is 1.00. The second-order valence-electron chi connectivity index (χ2n) is 3.58. The van der Waals surface area contributed by atoms with Gasteiger partial charge in [0.25, 0.3) is 0 Å². The van der Waals surface area contributed by atoms with Gasteiger partial charge in [0.15, 0.2) is 0 Å². The maximum atomic E-state index is 9.46. The van der Waals surface area contributed by atoms with Crippen LogP contribution in [0.5, 0.6) is 0 Å². The Morgan fingerprint density at radius 2 is 1.83 bits per heavy atom. The summed E-state index contributed by atoms with van der Waals surface area (Å²) in [4.78, 5) is 0. The normalized spacial score (nSPS) is 16.0. The summed E-state index contributed by atoms with van der Waals surface area (Å²) < 4.78 is 0. The summed E-state index contributed by atoms with van der Waals surface area (Å²) in [5.41, 5.74) is 0. The molecule has 2 nitrogen and oxygen atoms in total.